The molecule has 2 unspecified atom stereocenters. The molecular weight excluding hydrogens is 399 g/mol. The number of nitrogens with zero attached hydrogens (tertiary/aromatic N) is 3. The number of morpholine rings is 1. The molecule has 1 fully saturated rings. The van der Waals surface area contributed by atoms with Gasteiger partial charge in [0.2, 0.25) is 5.91 Å². The Bertz CT molecular complexity index is 1050. The Hall–Kier alpha value is -3.52. The van der Waals surface area contributed by atoms with Crippen LogP contribution in [-0.2, 0) is 27.3 Å². The van der Waals surface area contributed by atoms with Gasteiger partial charge in [0.1, 0.15) is 12.4 Å². The number of hydrogen-bond donors (Lipinski definition) is 1. The van der Waals surface area contributed by atoms with Gasteiger partial charge in [0.05, 0.1) is 17.9 Å². The van der Waals surface area contributed by atoms with Gasteiger partial charge in [-0.15, -0.1) is 0 Å². The first-order valence-electron chi connectivity index (χ1n) is 10.0. The molecule has 0 spiro atoms. The number of nitrogens with one attached hydrogen (secondary N) is 1. The smallest absolute Gasteiger partial charge is 0.256 e. The zero-order valence-corrected chi connectivity index (χ0v) is 17.1. The number of likely N-dealkylation sites (N-methyl/N-ethyl adjacent to an activating group) is 1. The second-order valence-electron chi connectivity index (χ2n) is 7.45. The summed E-state index contributed by atoms with van der Waals surface area (Å²) in [6, 6.07) is 15.1. The van der Waals surface area contributed by atoms with Crippen LogP contribution < -0.4 is 5.32 Å². The summed E-state index contributed by atoms with van der Waals surface area (Å²) in [5, 5.41) is 7.12. The van der Waals surface area contributed by atoms with Gasteiger partial charge in [-0.1, -0.05) is 42.5 Å². The van der Waals surface area contributed by atoms with Gasteiger partial charge in [0, 0.05) is 19.8 Å². The molecule has 31 heavy (non-hydrogen) atoms. The fraction of sp³-hybridized carbons (Fsp3) is 0.261. The second-order valence-corrected chi connectivity index (χ2v) is 7.45. The van der Waals surface area contributed by atoms with E-state index in [1.807, 2.05) is 18.2 Å². The summed E-state index contributed by atoms with van der Waals surface area (Å²) in [4.78, 5) is 26.6. The summed E-state index contributed by atoms with van der Waals surface area (Å²) in [7, 11) is 1.61. The SMILES string of the molecule is CN1C(=O)COC(C(=O)Nc2cnn(CCc3ccccc3)c2)C1c1ccc(F)cc1. The first-order valence-corrected chi connectivity index (χ1v) is 10.0. The third-order valence-corrected chi connectivity index (χ3v) is 5.33. The molecule has 2 atom stereocenters. The van der Waals surface area contributed by atoms with Crippen molar-refractivity contribution in [3.63, 3.8) is 0 Å². The number of hydrogen-bond acceptors (Lipinski definition) is 4. The lowest BCUT2D eigenvalue weighted by Gasteiger charge is -2.38. The highest BCUT2D eigenvalue weighted by Crippen LogP contribution is 2.30. The number of anilines is 1. The first kappa shape index (κ1) is 20.7. The molecule has 1 aliphatic heterocycles. The van der Waals surface area contributed by atoms with Crippen LogP contribution in [0.2, 0.25) is 0 Å². The van der Waals surface area contributed by atoms with Crippen LogP contribution in [0.3, 0.4) is 0 Å². The molecule has 2 aromatic carbocycles. The van der Waals surface area contributed by atoms with E-state index in [9.17, 15) is 14.0 Å². The van der Waals surface area contributed by atoms with Crippen molar-refractivity contribution in [2.45, 2.75) is 25.1 Å². The number of ether oxygens (including phenoxy) is 1. The zero-order valence-electron chi connectivity index (χ0n) is 17.1. The number of rotatable bonds is 6. The van der Waals surface area contributed by atoms with Gasteiger partial charge < -0.3 is 15.0 Å². The van der Waals surface area contributed by atoms with Crippen LogP contribution in [0.25, 0.3) is 0 Å². The summed E-state index contributed by atoms with van der Waals surface area (Å²) < 4.78 is 20.7. The number of aryl methyl sites for hydroxylation is 2. The maximum atomic E-state index is 13.3. The third kappa shape index (κ3) is 4.80. The van der Waals surface area contributed by atoms with E-state index in [2.05, 4.69) is 22.5 Å². The summed E-state index contributed by atoms with van der Waals surface area (Å²) in [5.74, 6) is -1.03. The van der Waals surface area contributed by atoms with E-state index < -0.39 is 23.9 Å². The molecule has 2 amide bonds. The molecule has 0 aliphatic carbocycles. The van der Waals surface area contributed by atoms with E-state index in [4.69, 9.17) is 4.74 Å². The van der Waals surface area contributed by atoms with Gasteiger partial charge in [-0.2, -0.15) is 5.10 Å². The maximum absolute atomic E-state index is 13.3. The Labute approximate surface area is 179 Å². The lowest BCUT2D eigenvalue weighted by atomic mass is 9.97. The van der Waals surface area contributed by atoms with Crippen molar-refractivity contribution in [3.8, 4) is 0 Å². The number of halogens is 1. The van der Waals surface area contributed by atoms with Gasteiger partial charge in [0.25, 0.3) is 5.91 Å². The van der Waals surface area contributed by atoms with Crippen molar-refractivity contribution in [2.24, 2.45) is 0 Å². The normalized spacial score (nSPS) is 18.8. The fourth-order valence-corrected chi connectivity index (χ4v) is 3.64. The molecule has 8 heteroatoms. The van der Waals surface area contributed by atoms with Gasteiger partial charge in [0.15, 0.2) is 6.10 Å². The Morgan fingerprint density at radius 3 is 2.68 bits per heavy atom. The average Bonchev–Trinajstić information content (AvgIpc) is 3.23. The molecular formula is C23H23FN4O3. The van der Waals surface area contributed by atoms with E-state index in [-0.39, 0.29) is 12.5 Å². The number of aromatic nitrogens is 2. The molecule has 0 bridgehead atoms. The first-order chi connectivity index (χ1) is 15.0. The van der Waals surface area contributed by atoms with Crippen molar-refractivity contribution in [1.29, 1.82) is 0 Å². The van der Waals surface area contributed by atoms with Gasteiger partial charge in [-0.25, -0.2) is 4.39 Å². The van der Waals surface area contributed by atoms with E-state index in [1.54, 1.807) is 36.3 Å². The second kappa shape index (κ2) is 9.09. The largest absolute Gasteiger partial charge is 0.356 e. The highest BCUT2D eigenvalue weighted by atomic mass is 19.1. The van der Waals surface area contributed by atoms with Gasteiger partial charge in [-0.05, 0) is 29.7 Å². The van der Waals surface area contributed by atoms with Gasteiger partial charge in [-0.3, -0.25) is 14.3 Å². The minimum absolute atomic E-state index is 0.192. The number of amides is 2. The summed E-state index contributed by atoms with van der Waals surface area (Å²) >= 11 is 0. The van der Waals surface area contributed by atoms with Crippen LogP contribution >= 0.6 is 0 Å². The van der Waals surface area contributed by atoms with Crippen molar-refractivity contribution >= 4 is 17.5 Å². The summed E-state index contributed by atoms with van der Waals surface area (Å²) in [6.07, 6.45) is 3.22. The quantitative estimate of drug-likeness (QED) is 0.663. The predicted molar refractivity (Wildman–Crippen MR) is 113 cm³/mol. The minimum atomic E-state index is -0.930. The van der Waals surface area contributed by atoms with Crippen LogP contribution in [0.1, 0.15) is 17.2 Å². The third-order valence-electron chi connectivity index (χ3n) is 5.33. The molecule has 4 rings (SSSR count). The molecule has 160 valence electrons. The topological polar surface area (TPSA) is 76.5 Å². The van der Waals surface area contributed by atoms with E-state index in [0.717, 1.165) is 6.42 Å². The molecule has 0 radical (unpaired) electrons. The van der Waals surface area contributed by atoms with Crippen LogP contribution in [0.4, 0.5) is 10.1 Å². The average molecular weight is 422 g/mol. The lowest BCUT2D eigenvalue weighted by Crippen LogP contribution is -2.51. The van der Waals surface area contributed by atoms with Crippen LogP contribution in [0, 0.1) is 5.82 Å². The number of benzene rings is 2. The molecule has 1 saturated heterocycles. The van der Waals surface area contributed by atoms with Crippen molar-refractivity contribution in [1.82, 2.24) is 14.7 Å². The predicted octanol–water partition coefficient (Wildman–Crippen LogP) is 2.80. The molecule has 1 aliphatic rings. The lowest BCUT2D eigenvalue weighted by molar-refractivity contribution is -0.160. The van der Waals surface area contributed by atoms with Crippen molar-refractivity contribution < 1.29 is 18.7 Å². The molecule has 1 N–H and O–H groups in total. The summed E-state index contributed by atoms with van der Waals surface area (Å²) in [5.41, 5.74) is 2.36. The van der Waals surface area contributed by atoms with Crippen LogP contribution in [0.5, 0.6) is 0 Å². The Kier molecular flexibility index (Phi) is 6.08. The monoisotopic (exact) mass is 422 g/mol. The molecule has 0 saturated carbocycles. The highest BCUT2D eigenvalue weighted by Gasteiger charge is 2.40. The standard InChI is InChI=1S/C23H23FN4O3/c1-27-20(29)15-31-22(21(27)17-7-9-18(24)10-8-17)23(30)26-19-13-25-28(14-19)12-11-16-5-3-2-4-6-16/h2-10,13-14,21-22H,11-12,15H2,1H3,(H,26,30). The molecule has 2 heterocycles. The molecule has 3 aromatic rings. The number of carbonyl (C=O) groups is 2. The van der Waals surface area contributed by atoms with E-state index in [0.29, 0.717) is 17.8 Å². The maximum Gasteiger partial charge on any atom is 0.256 e. The van der Waals surface area contributed by atoms with E-state index >= 15 is 0 Å². The van der Waals surface area contributed by atoms with Crippen molar-refractivity contribution in [3.05, 3.63) is 83.9 Å². The van der Waals surface area contributed by atoms with Crippen molar-refractivity contribution in [2.75, 3.05) is 19.0 Å². The van der Waals surface area contributed by atoms with Crippen LogP contribution in [0.15, 0.2) is 67.0 Å². The molecule has 7 nitrogen and oxygen atoms in total. The molecule has 1 aromatic heterocycles. The van der Waals surface area contributed by atoms with Gasteiger partial charge >= 0.3 is 0 Å². The van der Waals surface area contributed by atoms with E-state index in [1.165, 1.54) is 22.6 Å². The number of carbonyl (C=O) groups excluding carboxylic acids is 2. The van der Waals surface area contributed by atoms with Crippen LogP contribution in [-0.4, -0.2) is 46.3 Å². The fourth-order valence-electron chi connectivity index (χ4n) is 3.64. The Morgan fingerprint density at radius 1 is 1.19 bits per heavy atom. The summed E-state index contributed by atoms with van der Waals surface area (Å²) in [6.45, 7) is 0.484. The highest BCUT2D eigenvalue weighted by molar-refractivity contribution is 5.96. The minimum Gasteiger partial charge on any atom is -0.356 e. The Morgan fingerprint density at radius 2 is 1.94 bits per heavy atom. The Balaban J connectivity index is 1.44. The zero-order chi connectivity index (χ0) is 21.8.